The van der Waals surface area contributed by atoms with Gasteiger partial charge in [-0.2, -0.15) is 0 Å². The van der Waals surface area contributed by atoms with Crippen LogP contribution in [-0.4, -0.2) is 28.2 Å². The summed E-state index contributed by atoms with van der Waals surface area (Å²) in [6.45, 7) is 2.74. The molecule has 3 rings (SSSR count). The highest BCUT2D eigenvalue weighted by Crippen LogP contribution is 2.35. The second-order valence-corrected chi connectivity index (χ2v) is 6.72. The monoisotopic (exact) mass is 343 g/mol. The lowest BCUT2D eigenvalue weighted by Gasteiger charge is -2.27. The summed E-state index contributed by atoms with van der Waals surface area (Å²) in [5, 5.41) is 0. The largest absolute Gasteiger partial charge is 0.438 e. The molecule has 2 N–H and O–H groups in total. The number of unbranched alkanes of at least 4 members (excludes halogenated alkanes) is 1. The molecule has 0 saturated carbocycles. The highest BCUT2D eigenvalue weighted by molar-refractivity contribution is 5.85. The lowest BCUT2D eigenvalue weighted by Crippen LogP contribution is -2.37. The van der Waals surface area contributed by atoms with E-state index in [9.17, 15) is 9.59 Å². The van der Waals surface area contributed by atoms with Gasteiger partial charge in [0, 0.05) is 18.9 Å². The number of carbonyl (C=O) groups is 2. The van der Waals surface area contributed by atoms with Crippen molar-refractivity contribution in [2.75, 3.05) is 6.54 Å². The number of fused-ring (bicyclic) bond motifs is 1. The highest BCUT2D eigenvalue weighted by Gasteiger charge is 2.36. The fourth-order valence-electron chi connectivity index (χ4n) is 3.56. The van der Waals surface area contributed by atoms with E-state index in [-0.39, 0.29) is 24.3 Å². The second kappa shape index (κ2) is 7.68. The van der Waals surface area contributed by atoms with Crippen LogP contribution in [0.25, 0.3) is 11.1 Å². The van der Waals surface area contributed by atoms with Crippen LogP contribution in [0, 0.1) is 5.92 Å². The maximum atomic E-state index is 13.0. The maximum absolute atomic E-state index is 13.0. The van der Waals surface area contributed by atoms with Gasteiger partial charge < -0.3 is 15.1 Å². The van der Waals surface area contributed by atoms with Crippen molar-refractivity contribution < 1.29 is 14.0 Å². The van der Waals surface area contributed by atoms with Crippen molar-refractivity contribution in [3.05, 3.63) is 30.2 Å². The number of amides is 2. The van der Waals surface area contributed by atoms with E-state index < -0.39 is 5.91 Å². The number of nitrogens with two attached hydrogens (primary N) is 1. The van der Waals surface area contributed by atoms with Crippen LogP contribution in [0.2, 0.25) is 0 Å². The van der Waals surface area contributed by atoms with Crippen LogP contribution in [0.15, 0.2) is 28.7 Å². The van der Waals surface area contributed by atoms with Crippen LogP contribution in [0.1, 0.15) is 57.4 Å². The van der Waals surface area contributed by atoms with Crippen LogP contribution in [-0.2, 0) is 9.59 Å². The summed E-state index contributed by atoms with van der Waals surface area (Å²) in [6, 6.07) is 7.45. The number of para-hydroxylation sites is 2. The Bertz CT molecular complexity index is 722. The molecule has 2 aromatic rings. The van der Waals surface area contributed by atoms with Crippen molar-refractivity contribution >= 4 is 22.9 Å². The third-order valence-corrected chi connectivity index (χ3v) is 4.83. The number of rotatable bonds is 7. The Kier molecular flexibility index (Phi) is 5.36. The van der Waals surface area contributed by atoms with Gasteiger partial charge >= 0.3 is 0 Å². The first kappa shape index (κ1) is 17.5. The van der Waals surface area contributed by atoms with Gasteiger partial charge in [0.15, 0.2) is 5.58 Å². The molecule has 0 unspecified atom stereocenters. The number of hydrogen-bond donors (Lipinski definition) is 1. The summed E-state index contributed by atoms with van der Waals surface area (Å²) >= 11 is 0. The number of benzene rings is 1. The van der Waals surface area contributed by atoms with Crippen molar-refractivity contribution in [2.24, 2.45) is 11.7 Å². The molecule has 0 radical (unpaired) electrons. The van der Waals surface area contributed by atoms with Crippen LogP contribution in [0.5, 0.6) is 0 Å². The predicted octanol–water partition coefficient (Wildman–Crippen LogP) is 3.17. The Balaban J connectivity index is 1.81. The first-order chi connectivity index (χ1) is 12.1. The van der Waals surface area contributed by atoms with E-state index >= 15 is 0 Å². The fraction of sp³-hybridized carbons (Fsp3) is 0.526. The van der Waals surface area contributed by atoms with Gasteiger partial charge in [-0.05, 0) is 31.4 Å². The van der Waals surface area contributed by atoms with Crippen molar-refractivity contribution in [2.45, 2.75) is 51.5 Å². The molecule has 0 bridgehead atoms. The van der Waals surface area contributed by atoms with E-state index in [1.807, 2.05) is 29.2 Å². The molecule has 0 aliphatic carbocycles. The van der Waals surface area contributed by atoms with Crippen molar-refractivity contribution in [1.82, 2.24) is 9.88 Å². The van der Waals surface area contributed by atoms with Gasteiger partial charge in [0.25, 0.3) is 0 Å². The molecule has 2 heterocycles. The Labute approximate surface area is 147 Å². The maximum Gasteiger partial charge on any atom is 0.226 e. The van der Waals surface area contributed by atoms with Crippen molar-refractivity contribution in [1.29, 1.82) is 0 Å². The second-order valence-electron chi connectivity index (χ2n) is 6.72. The van der Waals surface area contributed by atoms with Gasteiger partial charge in [0.2, 0.25) is 17.7 Å². The van der Waals surface area contributed by atoms with Crippen molar-refractivity contribution in [3.8, 4) is 0 Å². The molecule has 2 amide bonds. The van der Waals surface area contributed by atoms with E-state index in [0.29, 0.717) is 18.9 Å². The molecule has 6 heteroatoms. The molecule has 134 valence electrons. The van der Waals surface area contributed by atoms with Crippen LogP contribution in [0.4, 0.5) is 0 Å². The van der Waals surface area contributed by atoms with Crippen LogP contribution < -0.4 is 5.73 Å². The van der Waals surface area contributed by atoms with E-state index in [1.54, 1.807) is 0 Å². The van der Waals surface area contributed by atoms with Gasteiger partial charge in [-0.3, -0.25) is 9.59 Å². The third-order valence-electron chi connectivity index (χ3n) is 4.83. The highest BCUT2D eigenvalue weighted by atomic mass is 16.3. The van der Waals surface area contributed by atoms with Crippen molar-refractivity contribution in [3.63, 3.8) is 0 Å². The quantitative estimate of drug-likeness (QED) is 0.836. The molecule has 1 saturated heterocycles. The Hall–Kier alpha value is -2.37. The SMILES string of the molecule is CCCC[C@H](CC(N)=O)C(=O)N1CCC[C@H]1c1nc2ccccc2o1. The first-order valence-electron chi connectivity index (χ1n) is 9.04. The topological polar surface area (TPSA) is 89.4 Å². The van der Waals surface area contributed by atoms with Gasteiger partial charge in [-0.1, -0.05) is 31.9 Å². The lowest BCUT2D eigenvalue weighted by atomic mass is 9.96. The Morgan fingerprint density at radius 3 is 2.92 bits per heavy atom. The number of aromatic nitrogens is 1. The molecule has 1 aliphatic heterocycles. The minimum absolute atomic E-state index is 0.00277. The molecule has 0 spiro atoms. The molecular formula is C19H25N3O3. The molecule has 6 nitrogen and oxygen atoms in total. The molecule has 25 heavy (non-hydrogen) atoms. The number of hydrogen-bond acceptors (Lipinski definition) is 4. The summed E-state index contributed by atoms with van der Waals surface area (Å²) in [5.41, 5.74) is 6.89. The molecule has 1 aromatic heterocycles. The Morgan fingerprint density at radius 1 is 1.40 bits per heavy atom. The van der Waals surface area contributed by atoms with Gasteiger partial charge in [0.1, 0.15) is 11.6 Å². The number of likely N-dealkylation sites (tertiary alicyclic amines) is 1. The minimum Gasteiger partial charge on any atom is -0.438 e. The summed E-state index contributed by atoms with van der Waals surface area (Å²) in [5.74, 6) is -0.188. The predicted molar refractivity (Wildman–Crippen MR) is 94.5 cm³/mol. The van der Waals surface area contributed by atoms with Gasteiger partial charge in [0.05, 0.1) is 0 Å². The number of primary amides is 1. The van der Waals surface area contributed by atoms with Crippen LogP contribution in [0.3, 0.4) is 0 Å². The van der Waals surface area contributed by atoms with Crippen LogP contribution >= 0.6 is 0 Å². The first-order valence-corrected chi connectivity index (χ1v) is 9.04. The lowest BCUT2D eigenvalue weighted by molar-refractivity contribution is -0.139. The van der Waals surface area contributed by atoms with E-state index in [0.717, 1.165) is 36.8 Å². The van der Waals surface area contributed by atoms with E-state index in [4.69, 9.17) is 10.2 Å². The zero-order valence-corrected chi connectivity index (χ0v) is 14.6. The summed E-state index contributed by atoms with van der Waals surface area (Å²) in [4.78, 5) is 30.8. The molecule has 1 aliphatic rings. The van der Waals surface area contributed by atoms with E-state index in [2.05, 4.69) is 11.9 Å². The summed E-state index contributed by atoms with van der Waals surface area (Å²) in [7, 11) is 0. The standard InChI is InChI=1S/C19H25N3O3/c1-2-3-7-13(12-17(20)23)19(24)22-11-6-9-15(22)18-21-14-8-4-5-10-16(14)25-18/h4-5,8,10,13,15H,2-3,6-7,9,11-12H2,1H3,(H2,20,23)/t13-,15+/m1/s1. The van der Waals surface area contributed by atoms with Gasteiger partial charge in [-0.15, -0.1) is 0 Å². The molecule has 1 aromatic carbocycles. The normalized spacial score (nSPS) is 18.6. The molecule has 2 atom stereocenters. The zero-order valence-electron chi connectivity index (χ0n) is 14.6. The summed E-state index contributed by atoms with van der Waals surface area (Å²) < 4.78 is 5.88. The molecule has 1 fully saturated rings. The zero-order chi connectivity index (χ0) is 17.8. The van der Waals surface area contributed by atoms with Gasteiger partial charge in [-0.25, -0.2) is 4.98 Å². The minimum atomic E-state index is -0.424. The molecular weight excluding hydrogens is 318 g/mol. The summed E-state index contributed by atoms with van der Waals surface area (Å²) in [6.07, 6.45) is 4.43. The number of carbonyl (C=O) groups excluding carboxylic acids is 2. The smallest absolute Gasteiger partial charge is 0.226 e. The Morgan fingerprint density at radius 2 is 2.20 bits per heavy atom. The average molecular weight is 343 g/mol. The fourth-order valence-corrected chi connectivity index (χ4v) is 3.56. The average Bonchev–Trinajstić information content (AvgIpc) is 3.23. The van der Waals surface area contributed by atoms with E-state index in [1.165, 1.54) is 0 Å². The third kappa shape index (κ3) is 3.83. The number of nitrogens with zero attached hydrogens (tertiary/aromatic N) is 2. The number of oxazole rings is 1.